The van der Waals surface area contributed by atoms with Crippen molar-refractivity contribution in [3.8, 4) is 5.75 Å². The van der Waals surface area contributed by atoms with Crippen molar-refractivity contribution >= 4 is 34.8 Å². The normalized spacial score (nSPS) is 20.8. The van der Waals surface area contributed by atoms with E-state index in [4.69, 9.17) is 16.3 Å². The van der Waals surface area contributed by atoms with Gasteiger partial charge in [0.2, 0.25) is 11.8 Å². The Morgan fingerprint density at radius 3 is 2.56 bits per heavy atom. The summed E-state index contributed by atoms with van der Waals surface area (Å²) in [6.45, 7) is 5.97. The highest BCUT2D eigenvalue weighted by molar-refractivity contribution is 6.32. The van der Waals surface area contributed by atoms with Gasteiger partial charge in [-0.1, -0.05) is 29.3 Å². The summed E-state index contributed by atoms with van der Waals surface area (Å²) < 4.78 is 6.17. The van der Waals surface area contributed by atoms with Crippen molar-refractivity contribution in [1.82, 2.24) is 4.90 Å². The Balaban J connectivity index is 1.35. The number of ether oxygens (including phenoxy) is 1. The molecule has 2 aromatic rings. The first-order valence-electron chi connectivity index (χ1n) is 11.3. The van der Waals surface area contributed by atoms with Gasteiger partial charge in [0.05, 0.1) is 11.6 Å². The predicted octanol–water partition coefficient (Wildman–Crippen LogP) is 4.65. The minimum absolute atomic E-state index is 0.0561. The molecule has 2 aliphatic heterocycles. The highest BCUT2D eigenvalue weighted by atomic mass is 35.5. The predicted molar refractivity (Wildman–Crippen MR) is 128 cm³/mol. The third-order valence-electron chi connectivity index (χ3n) is 6.25. The molecule has 2 aliphatic rings. The molecule has 7 heteroatoms. The number of benzene rings is 2. The van der Waals surface area contributed by atoms with Crippen molar-refractivity contribution in [2.24, 2.45) is 0 Å². The molecule has 0 radical (unpaired) electrons. The van der Waals surface area contributed by atoms with Gasteiger partial charge in [0.15, 0.2) is 0 Å². The maximum Gasteiger partial charge on any atom is 0.247 e. The fourth-order valence-electron chi connectivity index (χ4n) is 4.47. The molecule has 0 saturated carbocycles. The molecule has 0 aromatic heterocycles. The van der Waals surface area contributed by atoms with Crippen molar-refractivity contribution in [3.63, 3.8) is 0 Å². The number of piperidine rings is 1. The highest BCUT2D eigenvalue weighted by Crippen LogP contribution is 2.31. The van der Waals surface area contributed by atoms with E-state index in [0.29, 0.717) is 29.4 Å². The quantitative estimate of drug-likeness (QED) is 0.713. The van der Waals surface area contributed by atoms with Crippen LogP contribution in [0.4, 0.5) is 11.4 Å². The number of carbonyl (C=O) groups is 2. The van der Waals surface area contributed by atoms with E-state index in [-0.39, 0.29) is 17.9 Å². The molecule has 0 unspecified atom stereocenters. The lowest BCUT2D eigenvalue weighted by molar-refractivity contribution is -0.138. The average Bonchev–Trinajstić information content (AvgIpc) is 3.24. The number of likely N-dealkylation sites (tertiary alicyclic amines) is 1. The fourth-order valence-corrected chi connectivity index (χ4v) is 4.70. The Morgan fingerprint density at radius 2 is 1.84 bits per heavy atom. The molecule has 2 fully saturated rings. The molecule has 170 valence electrons. The molecule has 2 amide bonds. The molecule has 2 atom stereocenters. The zero-order chi connectivity index (χ0) is 22.7. The first kappa shape index (κ1) is 22.5. The number of hydrogen-bond donors (Lipinski definition) is 1. The maximum absolute atomic E-state index is 12.8. The Morgan fingerprint density at radius 1 is 1.06 bits per heavy atom. The minimum atomic E-state index is -0.429. The molecule has 2 saturated heterocycles. The van der Waals surface area contributed by atoms with E-state index < -0.39 is 6.04 Å². The third kappa shape index (κ3) is 5.18. The lowest BCUT2D eigenvalue weighted by Crippen LogP contribution is -2.49. The van der Waals surface area contributed by atoms with Gasteiger partial charge in [0.1, 0.15) is 17.9 Å². The van der Waals surface area contributed by atoms with Crippen LogP contribution in [-0.4, -0.2) is 48.5 Å². The summed E-state index contributed by atoms with van der Waals surface area (Å²) >= 11 is 6.47. The summed E-state index contributed by atoms with van der Waals surface area (Å²) in [6, 6.07) is 13.4. The van der Waals surface area contributed by atoms with E-state index in [9.17, 15) is 9.59 Å². The highest BCUT2D eigenvalue weighted by Gasteiger charge is 2.30. The standard InChI is InChI=1S/C25H30ClN3O3/c1-17-6-9-20(10-7-17)28-14-12-21(16-28)32-24-11-8-19(15-22(24)26)27-25(31)23-5-3-4-13-29(23)18(2)30/h6-11,15,21,23H,3-5,12-14,16H2,1-2H3,(H,27,31)/t21-,23+/m0/s1. The molecule has 2 heterocycles. The molecule has 0 spiro atoms. The molecule has 6 nitrogen and oxygen atoms in total. The fraction of sp³-hybridized carbons (Fsp3) is 0.440. The summed E-state index contributed by atoms with van der Waals surface area (Å²) in [7, 11) is 0. The van der Waals surface area contributed by atoms with E-state index in [1.54, 1.807) is 23.1 Å². The number of carbonyl (C=O) groups excluding carboxylic acids is 2. The van der Waals surface area contributed by atoms with E-state index in [2.05, 4.69) is 41.4 Å². The van der Waals surface area contributed by atoms with Crippen LogP contribution in [-0.2, 0) is 9.59 Å². The summed E-state index contributed by atoms with van der Waals surface area (Å²) in [5.41, 5.74) is 3.06. The van der Waals surface area contributed by atoms with Crippen LogP contribution in [0.25, 0.3) is 0 Å². The number of hydrogen-bond acceptors (Lipinski definition) is 4. The van der Waals surface area contributed by atoms with Gasteiger partial charge in [-0.25, -0.2) is 0 Å². The number of halogens is 1. The first-order chi connectivity index (χ1) is 15.4. The Labute approximate surface area is 194 Å². The van der Waals surface area contributed by atoms with Gasteiger partial charge in [-0.05, 0) is 56.5 Å². The van der Waals surface area contributed by atoms with Gasteiger partial charge in [0, 0.05) is 37.8 Å². The van der Waals surface area contributed by atoms with Crippen LogP contribution in [0.3, 0.4) is 0 Å². The van der Waals surface area contributed by atoms with Gasteiger partial charge in [-0.3, -0.25) is 9.59 Å². The van der Waals surface area contributed by atoms with Gasteiger partial charge in [-0.2, -0.15) is 0 Å². The van der Waals surface area contributed by atoms with Crippen molar-refractivity contribution < 1.29 is 14.3 Å². The van der Waals surface area contributed by atoms with E-state index >= 15 is 0 Å². The van der Waals surface area contributed by atoms with Crippen LogP contribution in [0.1, 0.15) is 38.2 Å². The zero-order valence-corrected chi connectivity index (χ0v) is 19.4. The van der Waals surface area contributed by atoms with E-state index in [0.717, 1.165) is 32.4 Å². The van der Waals surface area contributed by atoms with E-state index in [1.165, 1.54) is 18.2 Å². The number of aryl methyl sites for hydroxylation is 1. The number of rotatable bonds is 5. The second-order valence-electron chi connectivity index (χ2n) is 8.67. The van der Waals surface area contributed by atoms with Crippen molar-refractivity contribution in [1.29, 1.82) is 0 Å². The lowest BCUT2D eigenvalue weighted by atomic mass is 10.0. The lowest BCUT2D eigenvalue weighted by Gasteiger charge is -2.33. The van der Waals surface area contributed by atoms with E-state index in [1.807, 2.05) is 0 Å². The topological polar surface area (TPSA) is 61.9 Å². The van der Waals surface area contributed by atoms with Crippen LogP contribution in [0.5, 0.6) is 5.75 Å². The Bertz CT molecular complexity index is 979. The number of nitrogens with one attached hydrogen (secondary N) is 1. The monoisotopic (exact) mass is 455 g/mol. The molecule has 2 aromatic carbocycles. The summed E-state index contributed by atoms with van der Waals surface area (Å²) in [4.78, 5) is 28.6. The third-order valence-corrected chi connectivity index (χ3v) is 6.54. The number of amides is 2. The van der Waals surface area contributed by atoms with Crippen LogP contribution in [0.2, 0.25) is 5.02 Å². The van der Waals surface area contributed by atoms with Crippen LogP contribution < -0.4 is 15.0 Å². The van der Waals surface area contributed by atoms with Crippen molar-refractivity contribution in [2.75, 3.05) is 29.9 Å². The molecule has 0 bridgehead atoms. The van der Waals surface area contributed by atoms with Crippen molar-refractivity contribution in [3.05, 3.63) is 53.1 Å². The summed E-state index contributed by atoms with van der Waals surface area (Å²) in [6.07, 6.45) is 3.53. The average molecular weight is 456 g/mol. The Hall–Kier alpha value is -2.73. The van der Waals surface area contributed by atoms with Crippen LogP contribution >= 0.6 is 11.6 Å². The van der Waals surface area contributed by atoms with Gasteiger partial charge >= 0.3 is 0 Å². The number of nitrogens with zero attached hydrogens (tertiary/aromatic N) is 2. The van der Waals surface area contributed by atoms with Gasteiger partial charge in [-0.15, -0.1) is 0 Å². The molecule has 1 N–H and O–H groups in total. The second-order valence-corrected chi connectivity index (χ2v) is 9.08. The SMILES string of the molecule is CC(=O)N1CCCC[C@@H]1C(=O)Nc1ccc(O[C@H]2CCN(c3ccc(C)cc3)C2)c(Cl)c1. The van der Waals surface area contributed by atoms with Gasteiger partial charge < -0.3 is 19.9 Å². The first-order valence-corrected chi connectivity index (χ1v) is 11.6. The number of anilines is 2. The molecular formula is C25H30ClN3O3. The second kappa shape index (κ2) is 9.82. The zero-order valence-electron chi connectivity index (χ0n) is 18.6. The maximum atomic E-state index is 12.8. The molecular weight excluding hydrogens is 426 g/mol. The molecule has 4 rings (SSSR count). The Kier molecular flexibility index (Phi) is 6.89. The summed E-state index contributed by atoms with van der Waals surface area (Å²) in [5.74, 6) is 0.375. The summed E-state index contributed by atoms with van der Waals surface area (Å²) in [5, 5.41) is 3.37. The minimum Gasteiger partial charge on any atom is -0.487 e. The molecule has 32 heavy (non-hydrogen) atoms. The van der Waals surface area contributed by atoms with Gasteiger partial charge in [0.25, 0.3) is 0 Å². The molecule has 0 aliphatic carbocycles. The largest absolute Gasteiger partial charge is 0.487 e. The smallest absolute Gasteiger partial charge is 0.247 e. The van der Waals surface area contributed by atoms with Crippen molar-refractivity contribution in [2.45, 2.75) is 51.7 Å². The van der Waals surface area contributed by atoms with Crippen LogP contribution in [0.15, 0.2) is 42.5 Å². The van der Waals surface area contributed by atoms with Crippen LogP contribution in [0, 0.1) is 6.92 Å².